The van der Waals surface area contributed by atoms with Crippen LogP contribution in [-0.2, 0) is 4.79 Å². The van der Waals surface area contributed by atoms with Crippen LogP contribution in [0.4, 0.5) is 28.7 Å². The number of rotatable bonds is 10. The van der Waals surface area contributed by atoms with E-state index in [2.05, 4.69) is 49.5 Å². The third kappa shape index (κ3) is 7.13. The summed E-state index contributed by atoms with van der Waals surface area (Å²) in [4.78, 5) is 41.8. The summed E-state index contributed by atoms with van der Waals surface area (Å²) in [6.07, 6.45) is 4.01. The highest BCUT2D eigenvalue weighted by Crippen LogP contribution is 2.31. The van der Waals surface area contributed by atoms with Gasteiger partial charge in [-0.05, 0) is 80.8 Å². The molecule has 2 aliphatic rings. The Morgan fingerprint density at radius 2 is 1.65 bits per heavy atom. The van der Waals surface area contributed by atoms with Gasteiger partial charge in [-0.3, -0.25) is 14.5 Å². The fourth-order valence-electron chi connectivity index (χ4n) is 6.03. The fourth-order valence-corrected chi connectivity index (χ4v) is 6.03. The van der Waals surface area contributed by atoms with Gasteiger partial charge < -0.3 is 25.2 Å². The number of amides is 2. The van der Waals surface area contributed by atoms with Crippen LogP contribution >= 0.6 is 0 Å². The van der Waals surface area contributed by atoms with Crippen molar-refractivity contribution in [3.63, 3.8) is 0 Å². The Hall–Kier alpha value is -4.96. The maximum Gasteiger partial charge on any atom is 0.262 e. The third-order valence-corrected chi connectivity index (χ3v) is 8.54. The van der Waals surface area contributed by atoms with Gasteiger partial charge in [0, 0.05) is 74.2 Å². The number of ether oxygens (including phenoxy) is 1. The molecule has 1 aromatic heterocycles. The average Bonchev–Trinajstić information content (AvgIpc) is 3.50. The zero-order valence-electron chi connectivity index (χ0n) is 26.8. The van der Waals surface area contributed by atoms with Crippen LogP contribution in [0.5, 0.6) is 11.6 Å². The number of carbonyl (C=O) groups excluding carboxylic acids is 2. The lowest BCUT2D eigenvalue weighted by molar-refractivity contribution is -0.117. The molecule has 3 heterocycles. The SMILES string of the molecule is CCCN1CCN(c2ccc(Nc3ncc(C(=O)Nc4c(C)cccc4C)c(Oc4cccc(N5CCCC5=O)c4)n3)cc2)CC1. The van der Waals surface area contributed by atoms with Crippen LogP contribution in [0.25, 0.3) is 0 Å². The monoisotopic (exact) mass is 619 g/mol. The minimum Gasteiger partial charge on any atom is -0.438 e. The molecule has 3 aromatic carbocycles. The van der Waals surface area contributed by atoms with Crippen LogP contribution in [0.1, 0.15) is 47.7 Å². The lowest BCUT2D eigenvalue weighted by atomic mass is 10.1. The molecule has 2 amide bonds. The summed E-state index contributed by atoms with van der Waals surface area (Å²) >= 11 is 0. The second-order valence-corrected chi connectivity index (χ2v) is 11.9. The van der Waals surface area contributed by atoms with Gasteiger partial charge in [0.05, 0.1) is 0 Å². The van der Waals surface area contributed by atoms with Crippen LogP contribution in [0.15, 0.2) is 72.9 Å². The van der Waals surface area contributed by atoms with Gasteiger partial charge in [-0.1, -0.05) is 31.2 Å². The Labute approximate surface area is 270 Å². The summed E-state index contributed by atoms with van der Waals surface area (Å²) < 4.78 is 6.27. The molecule has 6 rings (SSSR count). The summed E-state index contributed by atoms with van der Waals surface area (Å²) in [5.41, 5.74) is 5.58. The van der Waals surface area contributed by atoms with Crippen molar-refractivity contribution in [3.8, 4) is 11.6 Å². The molecule has 46 heavy (non-hydrogen) atoms. The number of hydrogen-bond donors (Lipinski definition) is 2. The topological polar surface area (TPSA) is 103 Å². The highest BCUT2D eigenvalue weighted by atomic mass is 16.5. The van der Waals surface area contributed by atoms with Crippen molar-refractivity contribution in [2.24, 2.45) is 0 Å². The second kappa shape index (κ2) is 14.0. The zero-order chi connectivity index (χ0) is 32.0. The van der Waals surface area contributed by atoms with Crippen molar-refractivity contribution >= 4 is 40.5 Å². The molecule has 238 valence electrons. The zero-order valence-corrected chi connectivity index (χ0v) is 26.8. The van der Waals surface area contributed by atoms with E-state index in [1.54, 1.807) is 17.0 Å². The van der Waals surface area contributed by atoms with Gasteiger partial charge in [0.25, 0.3) is 5.91 Å². The highest BCUT2D eigenvalue weighted by Gasteiger charge is 2.23. The van der Waals surface area contributed by atoms with Crippen LogP contribution in [0, 0.1) is 13.8 Å². The van der Waals surface area contributed by atoms with E-state index in [4.69, 9.17) is 4.74 Å². The van der Waals surface area contributed by atoms with Crippen molar-refractivity contribution in [3.05, 3.63) is 89.6 Å². The number of benzene rings is 3. The molecule has 0 bridgehead atoms. The molecule has 4 aromatic rings. The van der Waals surface area contributed by atoms with Gasteiger partial charge in [0.2, 0.25) is 17.7 Å². The first-order valence-electron chi connectivity index (χ1n) is 16.0. The van der Waals surface area contributed by atoms with Crippen molar-refractivity contribution in [2.45, 2.75) is 40.0 Å². The predicted octanol–water partition coefficient (Wildman–Crippen LogP) is 6.54. The van der Waals surface area contributed by atoms with Crippen LogP contribution in [0.3, 0.4) is 0 Å². The van der Waals surface area contributed by atoms with Gasteiger partial charge in [0.15, 0.2) is 0 Å². The number of nitrogens with zero attached hydrogens (tertiary/aromatic N) is 5. The summed E-state index contributed by atoms with van der Waals surface area (Å²) in [7, 11) is 0. The van der Waals surface area contributed by atoms with E-state index in [9.17, 15) is 9.59 Å². The van der Waals surface area contributed by atoms with Gasteiger partial charge in [-0.2, -0.15) is 4.98 Å². The summed E-state index contributed by atoms with van der Waals surface area (Å²) in [5, 5.41) is 6.29. The number of piperazine rings is 1. The van der Waals surface area contributed by atoms with E-state index in [1.165, 1.54) is 18.3 Å². The molecule has 2 fully saturated rings. The number of anilines is 5. The summed E-state index contributed by atoms with van der Waals surface area (Å²) in [5.74, 6) is 0.571. The molecular formula is C36H41N7O3. The van der Waals surface area contributed by atoms with Gasteiger partial charge in [-0.25, -0.2) is 4.98 Å². The molecular weight excluding hydrogens is 578 g/mol. The van der Waals surface area contributed by atoms with Crippen LogP contribution in [-0.4, -0.2) is 66.0 Å². The van der Waals surface area contributed by atoms with Gasteiger partial charge >= 0.3 is 0 Å². The van der Waals surface area contributed by atoms with E-state index in [0.717, 1.165) is 67.3 Å². The number of aryl methyl sites for hydroxylation is 2. The lowest BCUT2D eigenvalue weighted by Gasteiger charge is -2.36. The molecule has 10 heteroatoms. The number of para-hydroxylation sites is 1. The smallest absolute Gasteiger partial charge is 0.262 e. The first-order chi connectivity index (χ1) is 22.4. The summed E-state index contributed by atoms with van der Waals surface area (Å²) in [6, 6.07) is 21.4. The molecule has 10 nitrogen and oxygen atoms in total. The molecule has 0 radical (unpaired) electrons. The lowest BCUT2D eigenvalue weighted by Crippen LogP contribution is -2.46. The van der Waals surface area contributed by atoms with Crippen LogP contribution in [0.2, 0.25) is 0 Å². The van der Waals surface area contributed by atoms with E-state index in [0.29, 0.717) is 24.7 Å². The molecule has 2 N–H and O–H groups in total. The Balaban J connectivity index is 1.24. The second-order valence-electron chi connectivity index (χ2n) is 11.9. The maximum atomic E-state index is 13.6. The van der Waals surface area contributed by atoms with E-state index in [1.807, 2.05) is 56.3 Å². The highest BCUT2D eigenvalue weighted by molar-refractivity contribution is 6.06. The molecule has 2 aliphatic heterocycles. The number of aromatic nitrogens is 2. The van der Waals surface area contributed by atoms with Crippen molar-refractivity contribution in [1.29, 1.82) is 0 Å². The minimum atomic E-state index is -0.381. The minimum absolute atomic E-state index is 0.0871. The molecule has 0 atom stereocenters. The van der Waals surface area contributed by atoms with Gasteiger partial charge in [-0.15, -0.1) is 0 Å². The Kier molecular flexibility index (Phi) is 9.44. The molecule has 0 unspecified atom stereocenters. The van der Waals surface area contributed by atoms with Crippen molar-refractivity contribution < 1.29 is 14.3 Å². The molecule has 0 saturated carbocycles. The largest absolute Gasteiger partial charge is 0.438 e. The first kappa shape index (κ1) is 31.0. The third-order valence-electron chi connectivity index (χ3n) is 8.54. The maximum absolute atomic E-state index is 13.6. The molecule has 2 saturated heterocycles. The number of hydrogen-bond acceptors (Lipinski definition) is 8. The van der Waals surface area contributed by atoms with Gasteiger partial charge in [0.1, 0.15) is 11.3 Å². The quantitative estimate of drug-likeness (QED) is 0.206. The van der Waals surface area contributed by atoms with E-state index in [-0.39, 0.29) is 23.3 Å². The van der Waals surface area contributed by atoms with Crippen molar-refractivity contribution in [2.75, 3.05) is 59.7 Å². The normalized spacial score (nSPS) is 15.2. The van der Waals surface area contributed by atoms with E-state index < -0.39 is 0 Å². The fraction of sp³-hybridized carbons (Fsp3) is 0.333. The standard InChI is InChI=1S/C36H41N7O3/c1-4-17-41-19-21-42(22-20-41)28-15-13-27(14-16-28)38-36-37-24-31(34(45)39-33-25(2)8-5-9-26(33)3)35(40-36)46-30-11-6-10-29(23-30)43-18-7-12-32(43)44/h5-6,8-11,13-16,23-24H,4,7,12,17-22H2,1-3H3,(H,39,45)(H,37,38,40). The summed E-state index contributed by atoms with van der Waals surface area (Å²) in [6.45, 7) is 12.1. The Bertz CT molecular complexity index is 1680. The van der Waals surface area contributed by atoms with E-state index >= 15 is 0 Å². The first-order valence-corrected chi connectivity index (χ1v) is 16.0. The molecule has 0 spiro atoms. The molecule has 0 aliphatic carbocycles. The Morgan fingerprint density at radius 1 is 0.913 bits per heavy atom. The number of nitrogens with one attached hydrogen (secondary N) is 2. The van der Waals surface area contributed by atoms with Crippen LogP contribution < -0.4 is 25.2 Å². The number of carbonyl (C=O) groups is 2. The average molecular weight is 620 g/mol. The Morgan fingerprint density at radius 3 is 2.35 bits per heavy atom. The van der Waals surface area contributed by atoms with Crippen molar-refractivity contribution in [1.82, 2.24) is 14.9 Å². The predicted molar refractivity (Wildman–Crippen MR) is 183 cm³/mol.